The first-order chi connectivity index (χ1) is 12.8. The van der Waals surface area contributed by atoms with Crippen molar-refractivity contribution in [3.63, 3.8) is 0 Å². The van der Waals surface area contributed by atoms with Crippen LogP contribution in [-0.4, -0.2) is 29.1 Å². The number of amides is 1. The molecule has 0 unspecified atom stereocenters. The third-order valence-electron chi connectivity index (χ3n) is 4.51. The van der Waals surface area contributed by atoms with Gasteiger partial charge in [0.05, 0.1) is 0 Å². The first-order valence-electron chi connectivity index (χ1n) is 8.83. The summed E-state index contributed by atoms with van der Waals surface area (Å²) in [5.41, 5.74) is 2.92. The van der Waals surface area contributed by atoms with Gasteiger partial charge in [0, 0.05) is 48.5 Å². The van der Waals surface area contributed by atoms with Gasteiger partial charge in [0.15, 0.2) is 11.5 Å². The molecule has 1 saturated heterocycles. The summed E-state index contributed by atoms with van der Waals surface area (Å²) in [6.07, 6.45) is 7.07. The van der Waals surface area contributed by atoms with Gasteiger partial charge < -0.3 is 14.7 Å². The maximum atomic E-state index is 12.5. The average molecular weight is 348 g/mol. The molecule has 1 amide bonds. The Bertz CT molecular complexity index is 886. The number of piperidine rings is 1. The minimum atomic E-state index is -0.292. The highest BCUT2D eigenvalue weighted by Crippen LogP contribution is 2.24. The van der Waals surface area contributed by atoms with E-state index in [0.29, 0.717) is 5.76 Å². The molecule has 0 bridgehead atoms. The van der Waals surface area contributed by atoms with Crippen LogP contribution in [-0.2, 0) is 0 Å². The van der Waals surface area contributed by atoms with Crippen LogP contribution in [0, 0.1) is 0 Å². The van der Waals surface area contributed by atoms with Crippen molar-refractivity contribution >= 4 is 17.3 Å². The number of carbonyl (C=O) groups excluding carboxylic acids is 1. The van der Waals surface area contributed by atoms with Crippen molar-refractivity contribution in [1.82, 2.24) is 10.1 Å². The van der Waals surface area contributed by atoms with Gasteiger partial charge in [0.1, 0.15) is 0 Å². The molecule has 1 aliphatic rings. The molecule has 1 aliphatic heterocycles. The number of aromatic nitrogens is 2. The summed E-state index contributed by atoms with van der Waals surface area (Å²) in [4.78, 5) is 18.9. The zero-order valence-corrected chi connectivity index (χ0v) is 14.4. The van der Waals surface area contributed by atoms with E-state index in [2.05, 4.69) is 26.4 Å². The van der Waals surface area contributed by atoms with Crippen molar-refractivity contribution in [2.75, 3.05) is 23.3 Å². The van der Waals surface area contributed by atoms with E-state index in [1.165, 1.54) is 19.3 Å². The number of carbonyl (C=O) groups is 1. The summed E-state index contributed by atoms with van der Waals surface area (Å²) < 4.78 is 5.27. The second kappa shape index (κ2) is 7.39. The number of benzene rings is 1. The molecule has 0 spiro atoms. The van der Waals surface area contributed by atoms with E-state index in [-0.39, 0.29) is 11.6 Å². The first-order valence-corrected chi connectivity index (χ1v) is 8.83. The third-order valence-corrected chi connectivity index (χ3v) is 4.51. The number of nitrogens with one attached hydrogen (secondary N) is 1. The van der Waals surface area contributed by atoms with Crippen LogP contribution < -0.4 is 10.2 Å². The van der Waals surface area contributed by atoms with E-state index in [4.69, 9.17) is 4.52 Å². The van der Waals surface area contributed by atoms with Crippen LogP contribution in [0.1, 0.15) is 29.8 Å². The highest BCUT2D eigenvalue weighted by Gasteiger charge is 2.15. The van der Waals surface area contributed by atoms with Gasteiger partial charge in [-0.3, -0.25) is 9.78 Å². The second-order valence-corrected chi connectivity index (χ2v) is 6.37. The lowest BCUT2D eigenvalue weighted by Crippen LogP contribution is -2.29. The van der Waals surface area contributed by atoms with E-state index < -0.39 is 0 Å². The molecule has 1 N–H and O–H groups in total. The molecule has 132 valence electrons. The largest absolute Gasteiger partial charge is 0.371 e. The van der Waals surface area contributed by atoms with Crippen LogP contribution in [0.15, 0.2) is 59.4 Å². The van der Waals surface area contributed by atoms with E-state index >= 15 is 0 Å². The summed E-state index contributed by atoms with van der Waals surface area (Å²) in [5.74, 6) is 0.227. The molecule has 1 aromatic carbocycles. The number of hydrogen-bond donors (Lipinski definition) is 1. The summed E-state index contributed by atoms with van der Waals surface area (Å²) in [7, 11) is 0. The maximum Gasteiger partial charge on any atom is 0.277 e. The van der Waals surface area contributed by atoms with E-state index in [0.717, 1.165) is 30.0 Å². The topological polar surface area (TPSA) is 71.3 Å². The Morgan fingerprint density at radius 2 is 1.96 bits per heavy atom. The standard InChI is InChI=1S/C20H20N4O2/c25-20(18-13-19(26-23-18)15-6-5-9-21-14-15)22-16-7-4-8-17(12-16)24-10-2-1-3-11-24/h4-9,12-14H,1-3,10-11H2,(H,22,25). The van der Waals surface area contributed by atoms with Crippen LogP contribution in [0.25, 0.3) is 11.3 Å². The minimum Gasteiger partial charge on any atom is -0.371 e. The van der Waals surface area contributed by atoms with Crippen molar-refractivity contribution < 1.29 is 9.32 Å². The minimum absolute atomic E-state index is 0.243. The third kappa shape index (κ3) is 3.59. The maximum absolute atomic E-state index is 12.5. The smallest absolute Gasteiger partial charge is 0.277 e. The van der Waals surface area contributed by atoms with Gasteiger partial charge in [-0.2, -0.15) is 0 Å². The fourth-order valence-corrected chi connectivity index (χ4v) is 3.15. The lowest BCUT2D eigenvalue weighted by Gasteiger charge is -2.29. The normalized spacial score (nSPS) is 14.2. The van der Waals surface area contributed by atoms with Gasteiger partial charge in [-0.1, -0.05) is 11.2 Å². The Kier molecular flexibility index (Phi) is 4.64. The summed E-state index contributed by atoms with van der Waals surface area (Å²) in [6.45, 7) is 2.13. The molecule has 6 heteroatoms. The molecule has 3 heterocycles. The lowest BCUT2D eigenvalue weighted by atomic mass is 10.1. The van der Waals surface area contributed by atoms with Crippen molar-refractivity contribution in [2.24, 2.45) is 0 Å². The number of hydrogen-bond acceptors (Lipinski definition) is 5. The van der Waals surface area contributed by atoms with Gasteiger partial charge in [-0.05, 0) is 49.6 Å². The van der Waals surface area contributed by atoms with Gasteiger partial charge in [-0.15, -0.1) is 0 Å². The first kappa shape index (κ1) is 16.3. The SMILES string of the molecule is O=C(Nc1cccc(N2CCCCC2)c1)c1cc(-c2cccnc2)on1. The number of nitrogens with zero attached hydrogens (tertiary/aromatic N) is 3. The van der Waals surface area contributed by atoms with Crippen molar-refractivity contribution in [2.45, 2.75) is 19.3 Å². The van der Waals surface area contributed by atoms with E-state index in [9.17, 15) is 4.79 Å². The molecular weight excluding hydrogens is 328 g/mol. The van der Waals surface area contributed by atoms with Crippen LogP contribution in [0.2, 0.25) is 0 Å². The summed E-state index contributed by atoms with van der Waals surface area (Å²) >= 11 is 0. The predicted octanol–water partition coefficient (Wildman–Crippen LogP) is 3.98. The molecule has 2 aromatic heterocycles. The second-order valence-electron chi connectivity index (χ2n) is 6.37. The van der Waals surface area contributed by atoms with Crippen molar-refractivity contribution in [3.8, 4) is 11.3 Å². The Hall–Kier alpha value is -3.15. The van der Waals surface area contributed by atoms with E-state index in [1.807, 2.05) is 30.3 Å². The van der Waals surface area contributed by atoms with E-state index in [1.54, 1.807) is 18.5 Å². The Morgan fingerprint density at radius 1 is 1.08 bits per heavy atom. The fourth-order valence-electron chi connectivity index (χ4n) is 3.15. The molecule has 6 nitrogen and oxygen atoms in total. The van der Waals surface area contributed by atoms with Gasteiger partial charge in [0.2, 0.25) is 0 Å². The zero-order chi connectivity index (χ0) is 17.8. The molecule has 0 aliphatic carbocycles. The van der Waals surface area contributed by atoms with Crippen LogP contribution in [0.4, 0.5) is 11.4 Å². The van der Waals surface area contributed by atoms with Crippen molar-refractivity contribution in [3.05, 3.63) is 60.6 Å². The van der Waals surface area contributed by atoms with Crippen LogP contribution in [0.3, 0.4) is 0 Å². The Morgan fingerprint density at radius 3 is 2.77 bits per heavy atom. The Labute approximate surface area is 151 Å². The number of rotatable bonds is 4. The molecule has 4 rings (SSSR count). The molecule has 0 atom stereocenters. The van der Waals surface area contributed by atoms with Crippen LogP contribution in [0.5, 0.6) is 0 Å². The molecule has 0 saturated carbocycles. The monoisotopic (exact) mass is 348 g/mol. The van der Waals surface area contributed by atoms with Gasteiger partial charge in [-0.25, -0.2) is 0 Å². The molecule has 3 aromatic rings. The van der Waals surface area contributed by atoms with Crippen molar-refractivity contribution in [1.29, 1.82) is 0 Å². The fraction of sp³-hybridized carbons (Fsp3) is 0.250. The molecule has 0 radical (unpaired) electrons. The molecule has 1 fully saturated rings. The Balaban J connectivity index is 1.47. The summed E-state index contributed by atoms with van der Waals surface area (Å²) in [5, 5.41) is 6.77. The zero-order valence-electron chi connectivity index (χ0n) is 14.4. The highest BCUT2D eigenvalue weighted by atomic mass is 16.5. The van der Waals surface area contributed by atoms with Gasteiger partial charge >= 0.3 is 0 Å². The average Bonchev–Trinajstić information content (AvgIpc) is 3.20. The van der Waals surface area contributed by atoms with Gasteiger partial charge in [0.25, 0.3) is 5.91 Å². The highest BCUT2D eigenvalue weighted by molar-refractivity contribution is 6.03. The molecule has 26 heavy (non-hydrogen) atoms. The number of anilines is 2. The number of pyridine rings is 1. The summed E-state index contributed by atoms with van der Waals surface area (Å²) in [6, 6.07) is 13.2. The van der Waals surface area contributed by atoms with Crippen LogP contribution >= 0.6 is 0 Å². The quantitative estimate of drug-likeness (QED) is 0.772. The lowest BCUT2D eigenvalue weighted by molar-refractivity contribution is 0.101. The molecular formula is C20H20N4O2. The predicted molar refractivity (Wildman–Crippen MR) is 100 cm³/mol.